The van der Waals surface area contributed by atoms with Crippen molar-refractivity contribution in [2.45, 2.75) is 6.61 Å². The third-order valence-electron chi connectivity index (χ3n) is 3.08. The van der Waals surface area contributed by atoms with Crippen molar-refractivity contribution in [3.05, 3.63) is 83.9 Å². The van der Waals surface area contributed by atoms with Crippen molar-refractivity contribution in [2.75, 3.05) is 0 Å². The Balaban J connectivity index is 1.67. The Kier molecular flexibility index (Phi) is 4.25. The summed E-state index contributed by atoms with van der Waals surface area (Å²) in [5.74, 6) is -0.280. The lowest BCUT2D eigenvalue weighted by Crippen LogP contribution is -2.01. The van der Waals surface area contributed by atoms with Crippen LogP contribution in [0.5, 0.6) is 0 Å². The van der Waals surface area contributed by atoms with Gasteiger partial charge in [0.05, 0.1) is 23.8 Å². The highest BCUT2D eigenvalue weighted by Crippen LogP contribution is 2.10. The molecule has 1 heterocycles. The molecule has 0 bridgehead atoms. The van der Waals surface area contributed by atoms with Crippen LogP contribution in [0.1, 0.15) is 11.3 Å². The second-order valence-electron chi connectivity index (χ2n) is 4.64. The normalized spacial score (nSPS) is 11.0. The van der Waals surface area contributed by atoms with Gasteiger partial charge in [-0.15, -0.1) is 0 Å². The molecule has 4 nitrogen and oxygen atoms in total. The molecule has 2 aromatic carbocycles. The largest absolute Gasteiger partial charge is 0.391 e. The number of halogens is 1. The molecule has 0 amide bonds. The number of nitrogens with zero attached hydrogens (tertiary/aromatic N) is 3. The number of hydrogen-bond donors (Lipinski definition) is 0. The van der Waals surface area contributed by atoms with E-state index in [0.29, 0.717) is 6.61 Å². The number of benzene rings is 2. The van der Waals surface area contributed by atoms with Crippen molar-refractivity contribution in [3.63, 3.8) is 0 Å². The molecule has 110 valence electrons. The van der Waals surface area contributed by atoms with Gasteiger partial charge in [0.25, 0.3) is 0 Å². The summed E-state index contributed by atoms with van der Waals surface area (Å²) in [4.78, 5) is 5.27. The molecule has 1 aromatic heterocycles. The van der Waals surface area contributed by atoms with Crippen molar-refractivity contribution >= 4 is 6.21 Å². The molecule has 0 aliphatic carbocycles. The first kappa shape index (κ1) is 14.0. The first-order valence-corrected chi connectivity index (χ1v) is 6.82. The summed E-state index contributed by atoms with van der Waals surface area (Å²) >= 11 is 0. The summed E-state index contributed by atoms with van der Waals surface area (Å²) in [6.45, 7) is 0.405. The molecule has 3 aromatic rings. The van der Waals surface area contributed by atoms with Crippen LogP contribution >= 0.6 is 0 Å². The van der Waals surface area contributed by atoms with Crippen LogP contribution in [0.15, 0.2) is 72.0 Å². The zero-order valence-electron chi connectivity index (χ0n) is 11.8. The maximum atomic E-state index is 13.0. The lowest BCUT2D eigenvalue weighted by molar-refractivity contribution is 0.132. The minimum atomic E-state index is -0.280. The van der Waals surface area contributed by atoms with E-state index in [1.54, 1.807) is 35.3 Å². The fourth-order valence-electron chi connectivity index (χ4n) is 1.99. The lowest BCUT2D eigenvalue weighted by atomic mass is 10.2. The highest BCUT2D eigenvalue weighted by atomic mass is 19.1. The number of rotatable bonds is 5. The van der Waals surface area contributed by atoms with Gasteiger partial charge in [0, 0.05) is 0 Å². The van der Waals surface area contributed by atoms with Crippen molar-refractivity contribution in [1.82, 2.24) is 9.78 Å². The van der Waals surface area contributed by atoms with E-state index in [2.05, 4.69) is 10.3 Å². The molecule has 0 saturated carbocycles. The van der Waals surface area contributed by atoms with Crippen LogP contribution in [-0.2, 0) is 11.4 Å². The number of hydrogen-bond acceptors (Lipinski definition) is 3. The van der Waals surface area contributed by atoms with Gasteiger partial charge < -0.3 is 4.84 Å². The highest BCUT2D eigenvalue weighted by Gasteiger charge is 2.03. The molecule has 0 radical (unpaired) electrons. The maximum absolute atomic E-state index is 13.0. The fraction of sp³-hybridized carbons (Fsp3) is 0.0588. The van der Waals surface area contributed by atoms with Crippen molar-refractivity contribution in [2.24, 2.45) is 5.16 Å². The number of oxime groups is 1. The molecular weight excluding hydrogens is 281 g/mol. The van der Waals surface area contributed by atoms with E-state index in [1.165, 1.54) is 12.1 Å². The van der Waals surface area contributed by atoms with E-state index >= 15 is 0 Å². The summed E-state index contributed by atoms with van der Waals surface area (Å²) in [5, 5.41) is 8.15. The summed E-state index contributed by atoms with van der Waals surface area (Å²) in [6.07, 6.45) is 3.24. The lowest BCUT2D eigenvalue weighted by Gasteiger charge is -2.04. The Morgan fingerprint density at radius 3 is 2.59 bits per heavy atom. The molecule has 0 aliphatic heterocycles. The Hall–Kier alpha value is -2.95. The van der Waals surface area contributed by atoms with Gasteiger partial charge in [-0.2, -0.15) is 5.10 Å². The van der Waals surface area contributed by atoms with Crippen LogP contribution in [0.25, 0.3) is 5.69 Å². The third-order valence-corrected chi connectivity index (χ3v) is 3.08. The van der Waals surface area contributed by atoms with Crippen molar-refractivity contribution < 1.29 is 9.23 Å². The van der Waals surface area contributed by atoms with Gasteiger partial charge in [0.15, 0.2) is 0 Å². The summed E-state index contributed by atoms with van der Waals surface area (Å²) in [7, 11) is 0. The summed E-state index contributed by atoms with van der Waals surface area (Å²) in [6, 6.07) is 17.7. The van der Waals surface area contributed by atoms with Gasteiger partial charge in [-0.1, -0.05) is 35.5 Å². The molecule has 0 atom stereocenters. The molecule has 0 saturated heterocycles. The summed E-state index contributed by atoms with van der Waals surface area (Å²) in [5.41, 5.74) is 2.56. The van der Waals surface area contributed by atoms with E-state index < -0.39 is 0 Å². The van der Waals surface area contributed by atoms with Crippen LogP contribution in [-0.4, -0.2) is 16.0 Å². The van der Waals surface area contributed by atoms with E-state index in [1.807, 2.05) is 30.3 Å². The first-order valence-electron chi connectivity index (χ1n) is 6.82. The molecular formula is C17H14FN3O. The molecule has 0 aliphatic rings. The zero-order chi connectivity index (χ0) is 15.2. The van der Waals surface area contributed by atoms with E-state index in [-0.39, 0.29) is 5.82 Å². The Morgan fingerprint density at radius 1 is 1.05 bits per heavy atom. The number of aromatic nitrogens is 2. The smallest absolute Gasteiger partial charge is 0.142 e. The van der Waals surface area contributed by atoms with E-state index in [4.69, 9.17) is 4.84 Å². The van der Waals surface area contributed by atoms with Crippen LogP contribution in [0.3, 0.4) is 0 Å². The van der Waals surface area contributed by atoms with Gasteiger partial charge in [-0.05, 0) is 35.9 Å². The molecule has 3 rings (SSSR count). The van der Waals surface area contributed by atoms with E-state index in [9.17, 15) is 4.39 Å². The molecule has 0 spiro atoms. The average molecular weight is 295 g/mol. The van der Waals surface area contributed by atoms with Crippen LogP contribution < -0.4 is 0 Å². The molecule has 0 unspecified atom stereocenters. The quantitative estimate of drug-likeness (QED) is 0.533. The predicted molar refractivity (Wildman–Crippen MR) is 82.3 cm³/mol. The minimum absolute atomic E-state index is 0.280. The van der Waals surface area contributed by atoms with Gasteiger partial charge >= 0.3 is 0 Å². The molecule has 5 heteroatoms. The molecule has 0 N–H and O–H groups in total. The Bertz CT molecular complexity index is 751. The topological polar surface area (TPSA) is 39.4 Å². The average Bonchev–Trinajstić information content (AvgIpc) is 3.02. The SMILES string of the molecule is Fc1ccc(-n2nccc2/C=N/OCc2ccccc2)cc1. The fourth-order valence-corrected chi connectivity index (χ4v) is 1.99. The Labute approximate surface area is 127 Å². The van der Waals surface area contributed by atoms with Gasteiger partial charge in [-0.25, -0.2) is 9.07 Å². The highest BCUT2D eigenvalue weighted by molar-refractivity contribution is 5.77. The first-order chi connectivity index (χ1) is 10.8. The van der Waals surface area contributed by atoms with Crippen LogP contribution in [0.4, 0.5) is 4.39 Å². The standard InChI is InChI=1S/C17H14FN3O/c18-15-6-8-16(9-7-15)21-17(10-11-19-21)12-20-22-13-14-4-2-1-3-5-14/h1-12H,13H2/b20-12+. The molecule has 22 heavy (non-hydrogen) atoms. The Morgan fingerprint density at radius 2 is 1.82 bits per heavy atom. The minimum Gasteiger partial charge on any atom is -0.391 e. The second kappa shape index (κ2) is 6.67. The maximum Gasteiger partial charge on any atom is 0.142 e. The second-order valence-corrected chi connectivity index (χ2v) is 4.64. The zero-order valence-corrected chi connectivity index (χ0v) is 11.8. The van der Waals surface area contributed by atoms with Crippen molar-refractivity contribution in [3.8, 4) is 5.69 Å². The molecule has 0 fully saturated rings. The van der Waals surface area contributed by atoms with Crippen LogP contribution in [0, 0.1) is 5.82 Å². The monoisotopic (exact) mass is 295 g/mol. The van der Waals surface area contributed by atoms with E-state index in [0.717, 1.165) is 16.9 Å². The van der Waals surface area contributed by atoms with Gasteiger partial charge in [0.2, 0.25) is 0 Å². The predicted octanol–water partition coefficient (Wildman–Crippen LogP) is 3.56. The summed E-state index contributed by atoms with van der Waals surface area (Å²) < 4.78 is 14.6. The van der Waals surface area contributed by atoms with Crippen molar-refractivity contribution in [1.29, 1.82) is 0 Å². The van der Waals surface area contributed by atoms with Gasteiger partial charge in [0.1, 0.15) is 12.4 Å². The van der Waals surface area contributed by atoms with Crippen LogP contribution in [0.2, 0.25) is 0 Å². The van der Waals surface area contributed by atoms with Gasteiger partial charge in [-0.3, -0.25) is 0 Å². The third kappa shape index (κ3) is 3.38.